The average Bonchev–Trinajstić information content (AvgIpc) is 2.26. The number of halogens is 1. The lowest BCUT2D eigenvalue weighted by molar-refractivity contribution is -0.384. The van der Waals surface area contributed by atoms with Crippen molar-refractivity contribution in [3.63, 3.8) is 0 Å². The Morgan fingerprint density at radius 3 is 2.81 bits per heavy atom. The fourth-order valence-electron chi connectivity index (χ4n) is 1.41. The van der Waals surface area contributed by atoms with Gasteiger partial charge in [0.05, 0.1) is 10.4 Å². The molecular formula is C9H7ClN4O2. The summed E-state index contributed by atoms with van der Waals surface area (Å²) in [4.78, 5) is 18.2. The van der Waals surface area contributed by atoms with E-state index >= 15 is 0 Å². The summed E-state index contributed by atoms with van der Waals surface area (Å²) in [6, 6.07) is 2.82. The van der Waals surface area contributed by atoms with Crippen LogP contribution in [-0.2, 0) is 0 Å². The molecule has 1 N–H and O–H groups in total. The quantitative estimate of drug-likeness (QED) is 0.641. The fraction of sp³-hybridized carbons (Fsp3) is 0.111. The van der Waals surface area contributed by atoms with Gasteiger partial charge in [-0.2, -0.15) is 0 Å². The number of nitro groups is 1. The molecule has 0 aliphatic carbocycles. The molecular weight excluding hydrogens is 232 g/mol. The molecule has 0 aliphatic rings. The molecule has 0 bridgehead atoms. The highest BCUT2D eigenvalue weighted by molar-refractivity contribution is 6.33. The van der Waals surface area contributed by atoms with Crippen molar-refractivity contribution in [1.29, 1.82) is 0 Å². The molecule has 0 fully saturated rings. The molecule has 0 spiro atoms. The van der Waals surface area contributed by atoms with Crippen LogP contribution in [0.4, 0.5) is 11.5 Å². The molecule has 0 saturated carbocycles. The molecule has 0 amide bonds. The van der Waals surface area contributed by atoms with Crippen molar-refractivity contribution in [1.82, 2.24) is 9.97 Å². The Bertz CT molecular complexity index is 573. The summed E-state index contributed by atoms with van der Waals surface area (Å²) in [7, 11) is 1.68. The van der Waals surface area contributed by atoms with Crippen LogP contribution in [0.1, 0.15) is 0 Å². The number of hydrogen-bond acceptors (Lipinski definition) is 5. The number of fused-ring (bicyclic) bond motifs is 1. The topological polar surface area (TPSA) is 81.0 Å². The highest BCUT2D eigenvalue weighted by atomic mass is 35.5. The van der Waals surface area contributed by atoms with Crippen LogP contribution in [0.2, 0.25) is 5.02 Å². The van der Waals surface area contributed by atoms with Gasteiger partial charge >= 0.3 is 0 Å². The van der Waals surface area contributed by atoms with Gasteiger partial charge in [0.1, 0.15) is 17.2 Å². The van der Waals surface area contributed by atoms with E-state index in [4.69, 9.17) is 11.6 Å². The molecule has 0 aliphatic heterocycles. The van der Waals surface area contributed by atoms with Crippen LogP contribution in [-0.4, -0.2) is 21.9 Å². The highest BCUT2D eigenvalue weighted by Gasteiger charge is 2.15. The molecule has 6 nitrogen and oxygen atoms in total. The molecule has 2 rings (SSSR count). The zero-order chi connectivity index (χ0) is 11.7. The monoisotopic (exact) mass is 238 g/mol. The summed E-state index contributed by atoms with van der Waals surface area (Å²) in [5.41, 5.74) is 0.412. The molecule has 0 unspecified atom stereocenters. The highest BCUT2D eigenvalue weighted by Crippen LogP contribution is 2.31. The van der Waals surface area contributed by atoms with Crippen LogP contribution in [0.25, 0.3) is 10.9 Å². The van der Waals surface area contributed by atoms with E-state index in [-0.39, 0.29) is 10.7 Å². The second kappa shape index (κ2) is 3.90. The van der Waals surface area contributed by atoms with Crippen molar-refractivity contribution in [2.24, 2.45) is 0 Å². The molecule has 82 valence electrons. The van der Waals surface area contributed by atoms with Crippen LogP contribution in [0.5, 0.6) is 0 Å². The maximum absolute atomic E-state index is 10.7. The van der Waals surface area contributed by atoms with Crippen LogP contribution in [0, 0.1) is 10.1 Å². The number of rotatable bonds is 2. The lowest BCUT2D eigenvalue weighted by Crippen LogP contribution is -1.96. The van der Waals surface area contributed by atoms with Gasteiger partial charge in [-0.1, -0.05) is 11.6 Å². The standard InChI is InChI=1S/C9H7ClN4O2/c1-11-9-5-2-8(14(15)16)6(10)3-7(5)12-4-13-9/h2-4H,1H3,(H,11,12,13). The van der Waals surface area contributed by atoms with Gasteiger partial charge in [-0.25, -0.2) is 9.97 Å². The number of nitrogens with one attached hydrogen (secondary N) is 1. The Kier molecular flexibility index (Phi) is 2.57. The number of hydrogen-bond donors (Lipinski definition) is 1. The maximum atomic E-state index is 10.7. The number of benzene rings is 1. The number of nitro benzene ring substituents is 1. The van der Waals surface area contributed by atoms with Gasteiger partial charge in [-0.05, 0) is 6.07 Å². The first-order valence-corrected chi connectivity index (χ1v) is 4.77. The van der Waals surface area contributed by atoms with Gasteiger partial charge in [0.25, 0.3) is 5.69 Å². The Morgan fingerprint density at radius 1 is 1.44 bits per heavy atom. The van der Waals surface area contributed by atoms with Crippen molar-refractivity contribution in [2.75, 3.05) is 12.4 Å². The van der Waals surface area contributed by atoms with Crippen LogP contribution in [0.3, 0.4) is 0 Å². The summed E-state index contributed by atoms with van der Waals surface area (Å²) >= 11 is 5.77. The van der Waals surface area contributed by atoms with E-state index < -0.39 is 4.92 Å². The Labute approximate surface area is 95.4 Å². The fourth-order valence-corrected chi connectivity index (χ4v) is 1.63. The Morgan fingerprint density at radius 2 is 2.19 bits per heavy atom. The molecule has 1 aromatic carbocycles. The maximum Gasteiger partial charge on any atom is 0.288 e. The zero-order valence-electron chi connectivity index (χ0n) is 8.27. The summed E-state index contributed by atoms with van der Waals surface area (Å²) in [5.74, 6) is 0.532. The molecule has 0 atom stereocenters. The van der Waals surface area contributed by atoms with Crippen molar-refractivity contribution in [2.45, 2.75) is 0 Å². The van der Waals surface area contributed by atoms with Crippen molar-refractivity contribution in [3.8, 4) is 0 Å². The third kappa shape index (κ3) is 1.63. The van der Waals surface area contributed by atoms with Gasteiger partial charge < -0.3 is 5.32 Å². The zero-order valence-corrected chi connectivity index (χ0v) is 9.02. The molecule has 0 saturated heterocycles. The van der Waals surface area contributed by atoms with Crippen molar-refractivity contribution >= 4 is 34.0 Å². The summed E-state index contributed by atoms with van der Waals surface area (Å²) in [6.45, 7) is 0. The van der Waals surface area contributed by atoms with Crippen LogP contribution >= 0.6 is 11.6 Å². The number of nitrogens with zero attached hydrogens (tertiary/aromatic N) is 3. The van der Waals surface area contributed by atoms with Crippen LogP contribution in [0.15, 0.2) is 18.5 Å². The second-order valence-electron chi connectivity index (χ2n) is 3.05. The van der Waals surface area contributed by atoms with E-state index in [2.05, 4.69) is 15.3 Å². The lowest BCUT2D eigenvalue weighted by atomic mass is 10.2. The summed E-state index contributed by atoms with van der Waals surface area (Å²) in [5, 5.41) is 14.2. The minimum Gasteiger partial charge on any atom is -0.373 e. The normalized spacial score (nSPS) is 10.4. The van der Waals surface area contributed by atoms with E-state index in [1.165, 1.54) is 18.5 Å². The Balaban J connectivity index is 2.80. The minimum atomic E-state index is -0.534. The van der Waals surface area contributed by atoms with E-state index in [1.54, 1.807) is 7.05 Å². The SMILES string of the molecule is CNc1ncnc2cc(Cl)c([N+](=O)[O-])cc12. The van der Waals surface area contributed by atoms with Crippen LogP contribution < -0.4 is 5.32 Å². The van der Waals surface area contributed by atoms with Gasteiger partial charge in [-0.15, -0.1) is 0 Å². The average molecular weight is 239 g/mol. The van der Waals surface area contributed by atoms with E-state index in [1.807, 2.05) is 0 Å². The van der Waals surface area contributed by atoms with E-state index in [9.17, 15) is 10.1 Å². The first-order chi connectivity index (χ1) is 7.63. The molecule has 7 heteroatoms. The van der Waals surface area contributed by atoms with Crippen molar-refractivity contribution < 1.29 is 4.92 Å². The first-order valence-electron chi connectivity index (χ1n) is 4.40. The minimum absolute atomic E-state index is 0.0678. The molecule has 2 aromatic rings. The smallest absolute Gasteiger partial charge is 0.288 e. The molecule has 0 radical (unpaired) electrons. The van der Waals surface area contributed by atoms with Crippen molar-refractivity contribution in [3.05, 3.63) is 33.6 Å². The third-order valence-corrected chi connectivity index (χ3v) is 2.44. The molecule has 1 heterocycles. The number of anilines is 1. The predicted molar refractivity (Wildman–Crippen MR) is 60.7 cm³/mol. The number of aromatic nitrogens is 2. The van der Waals surface area contributed by atoms with E-state index in [0.717, 1.165) is 0 Å². The van der Waals surface area contributed by atoms with Gasteiger partial charge in [-0.3, -0.25) is 10.1 Å². The van der Waals surface area contributed by atoms with Gasteiger partial charge in [0.2, 0.25) is 0 Å². The Hall–Kier alpha value is -1.95. The van der Waals surface area contributed by atoms with E-state index in [0.29, 0.717) is 16.7 Å². The predicted octanol–water partition coefficient (Wildman–Crippen LogP) is 2.23. The third-order valence-electron chi connectivity index (χ3n) is 2.14. The molecule has 16 heavy (non-hydrogen) atoms. The molecule has 1 aromatic heterocycles. The second-order valence-corrected chi connectivity index (χ2v) is 3.46. The van der Waals surface area contributed by atoms with Gasteiger partial charge in [0.15, 0.2) is 0 Å². The first kappa shape index (κ1) is 10.6. The van der Waals surface area contributed by atoms with Gasteiger partial charge in [0, 0.05) is 18.5 Å². The largest absolute Gasteiger partial charge is 0.373 e. The summed E-state index contributed by atoms with van der Waals surface area (Å²) < 4.78 is 0. The lowest BCUT2D eigenvalue weighted by Gasteiger charge is -2.04. The summed E-state index contributed by atoms with van der Waals surface area (Å²) in [6.07, 6.45) is 1.37.